The van der Waals surface area contributed by atoms with Crippen LogP contribution in [0.3, 0.4) is 0 Å². The van der Waals surface area contributed by atoms with Gasteiger partial charge in [-0.05, 0) is 19.3 Å². The van der Waals surface area contributed by atoms with Crippen molar-refractivity contribution in [2.45, 2.75) is 39.2 Å². The summed E-state index contributed by atoms with van der Waals surface area (Å²) in [5.41, 5.74) is 0. The number of carbonyl (C=O) groups is 1. The number of aliphatic hydroxyl groups excluding tert-OH is 1. The van der Waals surface area contributed by atoms with Crippen molar-refractivity contribution < 1.29 is 14.6 Å². The van der Waals surface area contributed by atoms with Crippen LogP contribution >= 0.6 is 0 Å². The molecule has 1 amide bonds. The predicted octanol–water partition coefficient (Wildman–Crippen LogP) is 0.936. The summed E-state index contributed by atoms with van der Waals surface area (Å²) in [7, 11) is 1.63. The Morgan fingerprint density at radius 1 is 1.47 bits per heavy atom. The van der Waals surface area contributed by atoms with Gasteiger partial charge in [0.25, 0.3) is 0 Å². The number of hydrogen-bond acceptors (Lipinski definition) is 3. The third-order valence-corrected chi connectivity index (χ3v) is 2.52. The van der Waals surface area contributed by atoms with Crippen molar-refractivity contribution in [1.82, 2.24) is 5.32 Å². The van der Waals surface area contributed by atoms with E-state index in [2.05, 4.69) is 5.32 Å². The minimum atomic E-state index is -0.0299. The van der Waals surface area contributed by atoms with Crippen molar-refractivity contribution in [1.29, 1.82) is 0 Å². The largest absolute Gasteiger partial charge is 0.396 e. The SMILES string of the molecule is CCC(CCO)NC(=O)C(C)CCOC. The Labute approximate surface area is 92.0 Å². The van der Waals surface area contributed by atoms with E-state index in [0.717, 1.165) is 12.8 Å². The lowest BCUT2D eigenvalue weighted by atomic mass is 10.1. The lowest BCUT2D eigenvalue weighted by Crippen LogP contribution is -2.38. The van der Waals surface area contributed by atoms with E-state index in [-0.39, 0.29) is 24.5 Å². The topological polar surface area (TPSA) is 58.6 Å². The quantitative estimate of drug-likeness (QED) is 0.636. The molecule has 0 rings (SSSR count). The molecule has 4 nitrogen and oxygen atoms in total. The number of carbonyl (C=O) groups excluding carboxylic acids is 1. The van der Waals surface area contributed by atoms with E-state index in [1.165, 1.54) is 0 Å². The van der Waals surface area contributed by atoms with Gasteiger partial charge in [-0.25, -0.2) is 0 Å². The summed E-state index contributed by atoms with van der Waals surface area (Å²) >= 11 is 0. The van der Waals surface area contributed by atoms with E-state index in [1.54, 1.807) is 7.11 Å². The van der Waals surface area contributed by atoms with Crippen LogP contribution in [0.15, 0.2) is 0 Å². The second-order valence-electron chi connectivity index (χ2n) is 3.81. The number of amides is 1. The van der Waals surface area contributed by atoms with Crippen molar-refractivity contribution in [2.24, 2.45) is 5.92 Å². The Bertz CT molecular complexity index is 173. The molecule has 0 saturated heterocycles. The monoisotopic (exact) mass is 217 g/mol. The van der Waals surface area contributed by atoms with Crippen molar-refractivity contribution in [3.8, 4) is 0 Å². The van der Waals surface area contributed by atoms with Crippen molar-refractivity contribution in [2.75, 3.05) is 20.3 Å². The second kappa shape index (κ2) is 8.68. The molecule has 2 unspecified atom stereocenters. The van der Waals surface area contributed by atoms with Gasteiger partial charge < -0.3 is 15.2 Å². The van der Waals surface area contributed by atoms with Gasteiger partial charge in [-0.1, -0.05) is 13.8 Å². The van der Waals surface area contributed by atoms with Crippen LogP contribution in [0, 0.1) is 5.92 Å². The Balaban J connectivity index is 3.87. The van der Waals surface area contributed by atoms with E-state index in [0.29, 0.717) is 13.0 Å². The molecule has 0 fully saturated rings. The molecule has 0 aromatic carbocycles. The zero-order valence-electron chi connectivity index (χ0n) is 9.95. The molecule has 4 heteroatoms. The minimum absolute atomic E-state index is 0.0299. The van der Waals surface area contributed by atoms with Crippen molar-refractivity contribution in [3.63, 3.8) is 0 Å². The Morgan fingerprint density at radius 3 is 2.60 bits per heavy atom. The van der Waals surface area contributed by atoms with Gasteiger partial charge in [0.05, 0.1) is 0 Å². The van der Waals surface area contributed by atoms with Crippen LogP contribution in [0.5, 0.6) is 0 Å². The van der Waals surface area contributed by atoms with E-state index in [1.807, 2.05) is 13.8 Å². The van der Waals surface area contributed by atoms with Crippen molar-refractivity contribution in [3.05, 3.63) is 0 Å². The number of rotatable bonds is 8. The van der Waals surface area contributed by atoms with Crippen LogP contribution in [-0.2, 0) is 9.53 Å². The van der Waals surface area contributed by atoms with Crippen LogP contribution in [0.4, 0.5) is 0 Å². The third-order valence-electron chi connectivity index (χ3n) is 2.52. The Kier molecular flexibility index (Phi) is 8.33. The van der Waals surface area contributed by atoms with Gasteiger partial charge in [-0.3, -0.25) is 4.79 Å². The van der Waals surface area contributed by atoms with Gasteiger partial charge in [-0.15, -0.1) is 0 Å². The summed E-state index contributed by atoms with van der Waals surface area (Å²) in [4.78, 5) is 11.6. The third kappa shape index (κ3) is 6.47. The maximum absolute atomic E-state index is 11.6. The molecule has 0 saturated carbocycles. The fourth-order valence-electron chi connectivity index (χ4n) is 1.30. The van der Waals surface area contributed by atoms with E-state index >= 15 is 0 Å². The summed E-state index contributed by atoms with van der Waals surface area (Å²) in [6.45, 7) is 4.61. The highest BCUT2D eigenvalue weighted by Gasteiger charge is 2.15. The van der Waals surface area contributed by atoms with Crippen LogP contribution < -0.4 is 5.32 Å². The summed E-state index contributed by atoms with van der Waals surface area (Å²) in [5.74, 6) is 0.0186. The molecule has 0 spiro atoms. The maximum atomic E-state index is 11.6. The number of nitrogens with one attached hydrogen (secondary N) is 1. The molecular formula is C11H23NO3. The first-order chi connectivity index (χ1) is 7.15. The van der Waals surface area contributed by atoms with E-state index in [9.17, 15) is 4.79 Å². The summed E-state index contributed by atoms with van der Waals surface area (Å²) in [5, 5.41) is 11.7. The predicted molar refractivity (Wildman–Crippen MR) is 59.6 cm³/mol. The zero-order valence-corrected chi connectivity index (χ0v) is 9.95. The molecule has 15 heavy (non-hydrogen) atoms. The highest BCUT2D eigenvalue weighted by Crippen LogP contribution is 2.04. The lowest BCUT2D eigenvalue weighted by Gasteiger charge is -2.18. The van der Waals surface area contributed by atoms with Crippen LogP contribution in [0.1, 0.15) is 33.1 Å². The standard InChI is InChI=1S/C11H23NO3/c1-4-10(5-7-13)12-11(14)9(2)6-8-15-3/h9-10,13H,4-8H2,1-3H3,(H,12,14). The first-order valence-electron chi connectivity index (χ1n) is 5.55. The molecule has 0 radical (unpaired) electrons. The maximum Gasteiger partial charge on any atom is 0.223 e. The molecule has 0 aliphatic carbocycles. The number of ether oxygens (including phenoxy) is 1. The van der Waals surface area contributed by atoms with Gasteiger partial charge in [0.1, 0.15) is 0 Å². The molecule has 0 aliphatic heterocycles. The summed E-state index contributed by atoms with van der Waals surface area (Å²) in [6, 6.07) is 0.0903. The molecule has 0 heterocycles. The van der Waals surface area contributed by atoms with Crippen LogP contribution in [0.25, 0.3) is 0 Å². The number of methoxy groups -OCH3 is 1. The van der Waals surface area contributed by atoms with Gasteiger partial charge in [-0.2, -0.15) is 0 Å². The van der Waals surface area contributed by atoms with Gasteiger partial charge >= 0.3 is 0 Å². The first-order valence-corrected chi connectivity index (χ1v) is 5.55. The molecule has 2 N–H and O–H groups in total. The Morgan fingerprint density at radius 2 is 2.13 bits per heavy atom. The van der Waals surface area contributed by atoms with Gasteiger partial charge in [0, 0.05) is 32.3 Å². The highest BCUT2D eigenvalue weighted by atomic mass is 16.5. The first kappa shape index (κ1) is 14.4. The smallest absolute Gasteiger partial charge is 0.223 e. The van der Waals surface area contributed by atoms with Crippen molar-refractivity contribution >= 4 is 5.91 Å². The fraction of sp³-hybridized carbons (Fsp3) is 0.909. The average molecular weight is 217 g/mol. The molecule has 2 atom stereocenters. The Hall–Kier alpha value is -0.610. The second-order valence-corrected chi connectivity index (χ2v) is 3.81. The molecule has 0 aliphatic rings. The van der Waals surface area contributed by atoms with Crippen LogP contribution in [-0.4, -0.2) is 37.4 Å². The minimum Gasteiger partial charge on any atom is -0.396 e. The van der Waals surface area contributed by atoms with E-state index < -0.39 is 0 Å². The molecule has 90 valence electrons. The number of aliphatic hydroxyl groups is 1. The van der Waals surface area contributed by atoms with Gasteiger partial charge in [0.2, 0.25) is 5.91 Å². The molecule has 0 bridgehead atoms. The molecule has 0 aromatic rings. The van der Waals surface area contributed by atoms with Crippen LogP contribution in [0.2, 0.25) is 0 Å². The van der Waals surface area contributed by atoms with E-state index in [4.69, 9.17) is 9.84 Å². The highest BCUT2D eigenvalue weighted by molar-refractivity contribution is 5.78. The summed E-state index contributed by atoms with van der Waals surface area (Å²) in [6.07, 6.45) is 2.21. The van der Waals surface area contributed by atoms with Gasteiger partial charge in [0.15, 0.2) is 0 Å². The normalized spacial score (nSPS) is 14.7. The molecule has 0 aromatic heterocycles. The fourth-order valence-corrected chi connectivity index (χ4v) is 1.30. The summed E-state index contributed by atoms with van der Waals surface area (Å²) < 4.78 is 4.92. The number of hydrogen-bond donors (Lipinski definition) is 2. The molecular weight excluding hydrogens is 194 g/mol. The lowest BCUT2D eigenvalue weighted by molar-refractivity contribution is -0.125. The zero-order chi connectivity index (χ0) is 11.7. The average Bonchev–Trinajstić information content (AvgIpc) is 2.24.